The number of piperazine rings is 1. The summed E-state index contributed by atoms with van der Waals surface area (Å²) in [6.45, 7) is 6.60. The Hall–Kier alpha value is -1.90. The van der Waals surface area contributed by atoms with Gasteiger partial charge in [0.25, 0.3) is 0 Å². The van der Waals surface area contributed by atoms with Crippen molar-refractivity contribution in [3.63, 3.8) is 0 Å². The summed E-state index contributed by atoms with van der Waals surface area (Å²) in [7, 11) is 0. The van der Waals surface area contributed by atoms with Crippen LogP contribution in [0, 0.1) is 0 Å². The van der Waals surface area contributed by atoms with Crippen LogP contribution in [0.2, 0.25) is 0 Å². The fourth-order valence-electron chi connectivity index (χ4n) is 3.08. The molecule has 1 aromatic heterocycles. The Morgan fingerprint density at radius 2 is 1.73 bits per heavy atom. The Labute approximate surface area is 150 Å². The van der Waals surface area contributed by atoms with E-state index in [1.807, 2.05) is 0 Å². The summed E-state index contributed by atoms with van der Waals surface area (Å²) in [6, 6.07) is 6.63. The first-order chi connectivity index (χ1) is 12.3. The zero-order valence-corrected chi connectivity index (χ0v) is 14.5. The van der Waals surface area contributed by atoms with E-state index in [0.717, 1.165) is 44.0 Å². The normalized spacial score (nSPS) is 18.2. The molecule has 1 fully saturated rings. The van der Waals surface area contributed by atoms with Crippen LogP contribution in [0.4, 0.5) is 13.2 Å². The predicted molar refractivity (Wildman–Crippen MR) is 90.3 cm³/mol. The highest BCUT2D eigenvalue weighted by Crippen LogP contribution is 2.31. The molecule has 1 saturated heterocycles. The van der Waals surface area contributed by atoms with Crippen molar-refractivity contribution in [2.45, 2.75) is 25.7 Å². The molecule has 0 spiro atoms. The number of β-amino-alcohol motifs (C(OH)–C–C–N with tert-alkyl or cyclic N) is 1. The zero-order valence-electron chi connectivity index (χ0n) is 14.5. The second-order valence-electron chi connectivity index (χ2n) is 6.68. The molecule has 26 heavy (non-hydrogen) atoms. The monoisotopic (exact) mass is 369 g/mol. The lowest BCUT2D eigenvalue weighted by atomic mass is 10.1. The van der Waals surface area contributed by atoms with Gasteiger partial charge in [0.1, 0.15) is 0 Å². The lowest BCUT2D eigenvalue weighted by Crippen LogP contribution is -2.47. The molecular weight excluding hydrogens is 347 g/mol. The number of aliphatic hydroxyl groups excluding tert-OH is 1. The number of hydrogen-bond donors (Lipinski definition) is 1. The molecule has 1 aliphatic rings. The van der Waals surface area contributed by atoms with Gasteiger partial charge >= 0.3 is 6.18 Å². The Morgan fingerprint density at radius 1 is 1.12 bits per heavy atom. The third-order valence-electron chi connectivity index (χ3n) is 4.43. The van der Waals surface area contributed by atoms with E-state index in [1.54, 1.807) is 13.0 Å². The lowest BCUT2D eigenvalue weighted by molar-refractivity contribution is -0.137. The number of nitrogens with zero attached hydrogens (tertiary/aromatic N) is 3. The van der Waals surface area contributed by atoms with Crippen LogP contribution >= 0.6 is 0 Å². The van der Waals surface area contributed by atoms with Crippen molar-refractivity contribution < 1.29 is 22.8 Å². The fourth-order valence-corrected chi connectivity index (χ4v) is 3.08. The summed E-state index contributed by atoms with van der Waals surface area (Å²) in [5, 5.41) is 13.5. The van der Waals surface area contributed by atoms with Gasteiger partial charge in [0.05, 0.1) is 17.4 Å². The van der Waals surface area contributed by atoms with Crippen LogP contribution in [0.15, 0.2) is 34.9 Å². The second kappa shape index (κ2) is 7.77. The van der Waals surface area contributed by atoms with Crippen molar-refractivity contribution >= 4 is 0 Å². The van der Waals surface area contributed by atoms with Crippen LogP contribution in [0.25, 0.3) is 11.3 Å². The number of hydrogen-bond acceptors (Lipinski definition) is 5. The van der Waals surface area contributed by atoms with Gasteiger partial charge in [-0.25, -0.2) is 0 Å². The van der Waals surface area contributed by atoms with Crippen molar-refractivity contribution in [1.29, 1.82) is 0 Å². The van der Waals surface area contributed by atoms with Gasteiger partial charge in [-0.2, -0.15) is 13.2 Å². The minimum atomic E-state index is -4.35. The minimum Gasteiger partial charge on any atom is -0.392 e. The highest BCUT2D eigenvalue weighted by molar-refractivity contribution is 5.57. The molecule has 1 aliphatic heterocycles. The van der Waals surface area contributed by atoms with Crippen molar-refractivity contribution in [3.05, 3.63) is 41.6 Å². The Morgan fingerprint density at radius 3 is 2.31 bits per heavy atom. The minimum absolute atomic E-state index is 0.330. The fraction of sp³-hybridized carbons (Fsp3) is 0.500. The van der Waals surface area contributed by atoms with Crippen molar-refractivity contribution in [1.82, 2.24) is 15.0 Å². The van der Waals surface area contributed by atoms with E-state index in [1.165, 1.54) is 12.1 Å². The SMILES string of the molecule is CC(O)CN1CCN(Cc2cc(-c3ccc(C(F)(F)F)cc3)on2)CC1. The first-order valence-corrected chi connectivity index (χ1v) is 8.57. The maximum atomic E-state index is 12.6. The molecule has 0 bridgehead atoms. The van der Waals surface area contributed by atoms with E-state index in [4.69, 9.17) is 4.52 Å². The predicted octanol–water partition coefficient (Wildman–Crippen LogP) is 2.86. The second-order valence-corrected chi connectivity index (χ2v) is 6.68. The Balaban J connectivity index is 1.57. The highest BCUT2D eigenvalue weighted by atomic mass is 19.4. The first kappa shape index (κ1) is 18.9. The van der Waals surface area contributed by atoms with Crippen molar-refractivity contribution in [3.8, 4) is 11.3 Å². The molecule has 142 valence electrons. The summed E-state index contributed by atoms with van der Waals surface area (Å²) in [6.07, 6.45) is -4.68. The summed E-state index contributed by atoms with van der Waals surface area (Å²) < 4.78 is 43.2. The van der Waals surface area contributed by atoms with E-state index in [2.05, 4.69) is 15.0 Å². The number of aliphatic hydroxyl groups is 1. The molecule has 0 amide bonds. The van der Waals surface area contributed by atoms with Crippen LogP contribution in [-0.4, -0.2) is 58.9 Å². The summed E-state index contributed by atoms with van der Waals surface area (Å²) >= 11 is 0. The largest absolute Gasteiger partial charge is 0.416 e. The van der Waals surface area contributed by atoms with Crippen LogP contribution < -0.4 is 0 Å². The smallest absolute Gasteiger partial charge is 0.392 e. The van der Waals surface area contributed by atoms with E-state index in [9.17, 15) is 18.3 Å². The summed E-state index contributed by atoms with van der Waals surface area (Å²) in [4.78, 5) is 4.46. The zero-order chi connectivity index (χ0) is 18.7. The molecule has 8 heteroatoms. The Bertz CT molecular complexity index is 705. The van der Waals surface area contributed by atoms with Crippen LogP contribution in [0.3, 0.4) is 0 Å². The molecule has 1 N–H and O–H groups in total. The number of aromatic nitrogens is 1. The van der Waals surface area contributed by atoms with Crippen LogP contribution in [0.1, 0.15) is 18.2 Å². The third kappa shape index (κ3) is 4.84. The standard InChI is InChI=1S/C18H22F3N3O2/c1-13(25)11-23-6-8-24(9-7-23)12-16-10-17(26-22-16)14-2-4-15(5-3-14)18(19,20)21/h2-5,10,13,25H,6-9,11-12H2,1H3. The van der Waals surface area contributed by atoms with Gasteiger partial charge in [-0.15, -0.1) is 0 Å². The average Bonchev–Trinajstić information content (AvgIpc) is 3.04. The van der Waals surface area contributed by atoms with E-state index in [0.29, 0.717) is 24.4 Å². The number of rotatable bonds is 5. The first-order valence-electron chi connectivity index (χ1n) is 8.57. The van der Waals surface area contributed by atoms with Crippen LogP contribution in [-0.2, 0) is 12.7 Å². The van der Waals surface area contributed by atoms with Gasteiger partial charge in [0.2, 0.25) is 0 Å². The summed E-state index contributed by atoms with van der Waals surface area (Å²) in [5.74, 6) is 0.460. The molecule has 0 saturated carbocycles. The van der Waals surface area contributed by atoms with E-state index in [-0.39, 0.29) is 6.10 Å². The molecule has 2 heterocycles. The molecule has 2 aromatic rings. The molecule has 0 aliphatic carbocycles. The highest BCUT2D eigenvalue weighted by Gasteiger charge is 2.30. The topological polar surface area (TPSA) is 52.7 Å². The van der Waals surface area contributed by atoms with E-state index >= 15 is 0 Å². The van der Waals surface area contributed by atoms with Gasteiger partial charge in [-0.1, -0.05) is 17.3 Å². The quantitative estimate of drug-likeness (QED) is 0.878. The maximum absolute atomic E-state index is 12.6. The van der Waals surface area contributed by atoms with Gasteiger partial charge in [-0.3, -0.25) is 9.80 Å². The van der Waals surface area contributed by atoms with Gasteiger partial charge in [-0.05, 0) is 19.1 Å². The van der Waals surface area contributed by atoms with Crippen molar-refractivity contribution in [2.75, 3.05) is 32.7 Å². The number of benzene rings is 1. The lowest BCUT2D eigenvalue weighted by Gasteiger charge is -2.34. The maximum Gasteiger partial charge on any atom is 0.416 e. The van der Waals surface area contributed by atoms with Crippen molar-refractivity contribution in [2.24, 2.45) is 0 Å². The molecule has 1 aromatic carbocycles. The molecule has 3 rings (SSSR count). The van der Waals surface area contributed by atoms with E-state index < -0.39 is 11.7 Å². The Kier molecular flexibility index (Phi) is 5.64. The number of halogens is 3. The molecule has 1 atom stereocenters. The van der Waals surface area contributed by atoms with Crippen LogP contribution in [0.5, 0.6) is 0 Å². The molecule has 1 unspecified atom stereocenters. The molecular formula is C18H22F3N3O2. The van der Waals surface area contributed by atoms with Gasteiger partial charge in [0.15, 0.2) is 5.76 Å². The van der Waals surface area contributed by atoms with Gasteiger partial charge < -0.3 is 9.63 Å². The number of alkyl halides is 3. The average molecular weight is 369 g/mol. The summed E-state index contributed by atoms with van der Waals surface area (Å²) in [5.41, 5.74) is 0.637. The third-order valence-corrected chi connectivity index (χ3v) is 4.43. The molecule has 0 radical (unpaired) electrons. The van der Waals surface area contributed by atoms with Gasteiger partial charge in [0, 0.05) is 50.9 Å². The molecule has 5 nitrogen and oxygen atoms in total.